The van der Waals surface area contributed by atoms with Crippen LogP contribution in [0.2, 0.25) is 0 Å². The van der Waals surface area contributed by atoms with Crippen molar-refractivity contribution in [1.29, 1.82) is 0 Å². The van der Waals surface area contributed by atoms with Gasteiger partial charge in [0.2, 0.25) is 0 Å². The molecule has 3 amide bonds. The molecule has 0 aromatic carbocycles. The fraction of sp³-hybridized carbons (Fsp3) is 0.667. The summed E-state index contributed by atoms with van der Waals surface area (Å²) in [4.78, 5) is 22.0. The average molecular weight is 172 g/mol. The molecule has 0 unspecified atom stereocenters. The summed E-state index contributed by atoms with van der Waals surface area (Å²) in [5.74, 6) is 1.51. The van der Waals surface area contributed by atoms with Gasteiger partial charge in [0.15, 0.2) is 0 Å². The van der Waals surface area contributed by atoms with Crippen molar-refractivity contribution in [3.63, 3.8) is 0 Å². The zero-order valence-electron chi connectivity index (χ0n) is 5.85. The molecule has 60 valence electrons. The molecule has 0 aromatic rings. The summed E-state index contributed by atoms with van der Waals surface area (Å²) in [6.45, 7) is 0. The maximum Gasteiger partial charge on any atom is 0.322 e. The van der Waals surface area contributed by atoms with Crippen molar-refractivity contribution >= 4 is 23.7 Å². The minimum absolute atomic E-state index is 0.160. The SMILES string of the molecule is O=C1NC(=O)[C@]2(CCSC2)N1. The molecule has 5 heteroatoms. The maximum absolute atomic E-state index is 11.2. The second-order valence-corrected chi connectivity index (χ2v) is 3.90. The summed E-state index contributed by atoms with van der Waals surface area (Å²) in [6, 6.07) is -0.350. The predicted molar refractivity (Wildman–Crippen MR) is 41.3 cm³/mol. The van der Waals surface area contributed by atoms with Gasteiger partial charge in [-0.05, 0) is 12.2 Å². The van der Waals surface area contributed by atoms with Crippen LogP contribution in [0.3, 0.4) is 0 Å². The molecule has 0 saturated carbocycles. The molecule has 0 bridgehead atoms. The van der Waals surface area contributed by atoms with Crippen LogP contribution in [0.1, 0.15) is 6.42 Å². The Morgan fingerprint density at radius 1 is 1.45 bits per heavy atom. The first-order valence-electron chi connectivity index (χ1n) is 3.44. The van der Waals surface area contributed by atoms with Crippen LogP contribution in [0.5, 0.6) is 0 Å². The standard InChI is InChI=1S/C6H8N2O2S/c9-4-6(1-2-11-3-6)8-5(10)7-4/h1-3H2,(H2,7,8,9,10)/t6-/m1/s1. The highest BCUT2D eigenvalue weighted by atomic mass is 32.2. The molecule has 2 heterocycles. The van der Waals surface area contributed by atoms with Crippen LogP contribution in [0.15, 0.2) is 0 Å². The molecule has 11 heavy (non-hydrogen) atoms. The van der Waals surface area contributed by atoms with Gasteiger partial charge < -0.3 is 5.32 Å². The van der Waals surface area contributed by atoms with Crippen LogP contribution in [0.25, 0.3) is 0 Å². The van der Waals surface area contributed by atoms with Gasteiger partial charge in [-0.3, -0.25) is 10.1 Å². The highest BCUT2D eigenvalue weighted by Crippen LogP contribution is 2.29. The molecule has 1 atom stereocenters. The van der Waals surface area contributed by atoms with Gasteiger partial charge in [0.1, 0.15) is 5.54 Å². The second kappa shape index (κ2) is 2.14. The Kier molecular flexibility index (Phi) is 1.35. The number of urea groups is 1. The molecule has 0 aromatic heterocycles. The summed E-state index contributed by atoms with van der Waals surface area (Å²) in [7, 11) is 0. The van der Waals surface area contributed by atoms with E-state index in [0.717, 1.165) is 12.2 Å². The normalized spacial score (nSPS) is 36.0. The Hall–Kier alpha value is -0.710. The molecule has 2 saturated heterocycles. The van der Waals surface area contributed by atoms with E-state index < -0.39 is 5.54 Å². The van der Waals surface area contributed by atoms with E-state index in [1.807, 2.05) is 0 Å². The Labute approximate surface area is 68.1 Å². The van der Waals surface area contributed by atoms with Crippen LogP contribution >= 0.6 is 11.8 Å². The largest absolute Gasteiger partial charge is 0.322 e. The quantitative estimate of drug-likeness (QED) is 0.493. The van der Waals surface area contributed by atoms with E-state index in [2.05, 4.69) is 10.6 Å². The summed E-state index contributed by atoms with van der Waals surface area (Å²) in [5.41, 5.74) is -0.568. The fourth-order valence-electron chi connectivity index (χ4n) is 1.37. The van der Waals surface area contributed by atoms with Crippen molar-refractivity contribution in [3.8, 4) is 0 Å². The molecule has 1 spiro atoms. The lowest BCUT2D eigenvalue weighted by atomic mass is 10.0. The Balaban J connectivity index is 2.24. The molecule has 2 fully saturated rings. The van der Waals surface area contributed by atoms with Gasteiger partial charge in [-0.25, -0.2) is 4.79 Å². The lowest BCUT2D eigenvalue weighted by Gasteiger charge is -2.16. The van der Waals surface area contributed by atoms with Gasteiger partial charge in [0, 0.05) is 5.75 Å². The number of amides is 3. The van der Waals surface area contributed by atoms with Crippen LogP contribution in [0.4, 0.5) is 4.79 Å². The van der Waals surface area contributed by atoms with E-state index in [-0.39, 0.29) is 11.9 Å². The van der Waals surface area contributed by atoms with E-state index in [1.165, 1.54) is 0 Å². The van der Waals surface area contributed by atoms with Gasteiger partial charge in [-0.15, -0.1) is 0 Å². The summed E-state index contributed by atoms with van der Waals surface area (Å²) < 4.78 is 0. The lowest BCUT2D eigenvalue weighted by Crippen LogP contribution is -2.46. The zero-order chi connectivity index (χ0) is 7.90. The lowest BCUT2D eigenvalue weighted by molar-refractivity contribution is -0.123. The predicted octanol–water partition coefficient (Wildman–Crippen LogP) is -0.299. The van der Waals surface area contributed by atoms with E-state index in [0.29, 0.717) is 5.75 Å². The highest BCUT2D eigenvalue weighted by molar-refractivity contribution is 7.99. The first kappa shape index (κ1) is 6.97. The average Bonchev–Trinajstić information content (AvgIpc) is 2.45. The molecule has 0 aliphatic carbocycles. The number of carbonyl (C=O) groups is 2. The zero-order valence-corrected chi connectivity index (χ0v) is 6.66. The molecule has 2 aliphatic rings. The van der Waals surface area contributed by atoms with Crippen LogP contribution < -0.4 is 10.6 Å². The van der Waals surface area contributed by atoms with Crippen molar-refractivity contribution < 1.29 is 9.59 Å². The van der Waals surface area contributed by atoms with Crippen LogP contribution in [-0.4, -0.2) is 29.0 Å². The smallest absolute Gasteiger partial charge is 0.322 e. The van der Waals surface area contributed by atoms with Gasteiger partial charge in [-0.2, -0.15) is 11.8 Å². The number of hydrogen-bond donors (Lipinski definition) is 2. The minimum atomic E-state index is -0.568. The maximum atomic E-state index is 11.2. The third-order valence-corrected chi connectivity index (χ3v) is 3.23. The number of hydrogen-bond acceptors (Lipinski definition) is 3. The Morgan fingerprint density at radius 2 is 2.27 bits per heavy atom. The highest BCUT2D eigenvalue weighted by Gasteiger charge is 2.48. The molecule has 0 radical (unpaired) electrons. The first-order valence-corrected chi connectivity index (χ1v) is 4.60. The van der Waals surface area contributed by atoms with Gasteiger partial charge in [0.05, 0.1) is 0 Å². The summed E-state index contributed by atoms with van der Waals surface area (Å²) in [5, 5.41) is 4.91. The van der Waals surface area contributed by atoms with Gasteiger partial charge >= 0.3 is 6.03 Å². The summed E-state index contributed by atoms with van der Waals surface area (Å²) >= 11 is 1.70. The van der Waals surface area contributed by atoms with Crippen molar-refractivity contribution in [3.05, 3.63) is 0 Å². The summed E-state index contributed by atoms with van der Waals surface area (Å²) in [6.07, 6.45) is 0.759. The first-order chi connectivity index (χ1) is 5.23. The monoisotopic (exact) mass is 172 g/mol. The Morgan fingerprint density at radius 3 is 2.73 bits per heavy atom. The van der Waals surface area contributed by atoms with Crippen LogP contribution in [-0.2, 0) is 4.79 Å². The number of rotatable bonds is 0. The minimum Gasteiger partial charge on any atom is -0.322 e. The molecule has 4 nitrogen and oxygen atoms in total. The van der Waals surface area contributed by atoms with Crippen molar-refractivity contribution in [1.82, 2.24) is 10.6 Å². The number of nitrogens with one attached hydrogen (secondary N) is 2. The topological polar surface area (TPSA) is 58.2 Å². The fourth-order valence-corrected chi connectivity index (χ4v) is 2.70. The van der Waals surface area contributed by atoms with Gasteiger partial charge in [-0.1, -0.05) is 0 Å². The second-order valence-electron chi connectivity index (χ2n) is 2.79. The van der Waals surface area contributed by atoms with Crippen molar-refractivity contribution in [2.45, 2.75) is 12.0 Å². The van der Waals surface area contributed by atoms with Crippen LogP contribution in [0, 0.1) is 0 Å². The van der Waals surface area contributed by atoms with Gasteiger partial charge in [0.25, 0.3) is 5.91 Å². The van der Waals surface area contributed by atoms with Crippen molar-refractivity contribution in [2.75, 3.05) is 11.5 Å². The third-order valence-electron chi connectivity index (χ3n) is 2.04. The number of thioether (sulfide) groups is 1. The number of imide groups is 1. The molecule has 2 rings (SSSR count). The van der Waals surface area contributed by atoms with E-state index in [1.54, 1.807) is 11.8 Å². The third kappa shape index (κ3) is 0.910. The van der Waals surface area contributed by atoms with E-state index >= 15 is 0 Å². The Bertz CT molecular complexity index is 223. The molecule has 2 aliphatic heterocycles. The van der Waals surface area contributed by atoms with E-state index in [4.69, 9.17) is 0 Å². The number of carbonyl (C=O) groups excluding carboxylic acids is 2. The van der Waals surface area contributed by atoms with E-state index in [9.17, 15) is 9.59 Å². The van der Waals surface area contributed by atoms with Crippen molar-refractivity contribution in [2.24, 2.45) is 0 Å². The molecular formula is C6H8N2O2S. The molecule has 2 N–H and O–H groups in total. The molecular weight excluding hydrogens is 164 g/mol.